The fourth-order valence-corrected chi connectivity index (χ4v) is 2.35. The van der Waals surface area contributed by atoms with Crippen molar-refractivity contribution in [3.8, 4) is 0 Å². The van der Waals surface area contributed by atoms with Gasteiger partial charge in [-0.2, -0.15) is 0 Å². The molecule has 88 valence electrons. The average Bonchev–Trinajstić information content (AvgIpc) is 3.09. The predicted molar refractivity (Wildman–Crippen MR) is 67.2 cm³/mol. The fourth-order valence-electron chi connectivity index (χ4n) is 1.50. The number of H-pyrrole nitrogens is 1. The minimum atomic E-state index is 0.521. The van der Waals surface area contributed by atoms with Crippen LogP contribution >= 0.6 is 23.4 Å². The summed E-state index contributed by atoms with van der Waals surface area (Å²) in [5.74, 6) is 2.46. The molecule has 0 bridgehead atoms. The molecule has 0 aliphatic heterocycles. The van der Waals surface area contributed by atoms with Crippen molar-refractivity contribution in [2.45, 2.75) is 29.7 Å². The number of nitrogens with zero attached hydrogens (tertiary/aromatic N) is 3. The van der Waals surface area contributed by atoms with Crippen LogP contribution in [0.5, 0.6) is 0 Å². The van der Waals surface area contributed by atoms with Gasteiger partial charge in [0.1, 0.15) is 11.0 Å². The largest absolute Gasteiger partial charge is 0.262 e. The number of pyridine rings is 1. The van der Waals surface area contributed by atoms with E-state index in [4.69, 9.17) is 11.6 Å². The van der Waals surface area contributed by atoms with Gasteiger partial charge in [-0.1, -0.05) is 29.4 Å². The number of aromatic nitrogens is 4. The van der Waals surface area contributed by atoms with Crippen molar-refractivity contribution in [1.82, 2.24) is 20.2 Å². The quantitative estimate of drug-likeness (QED) is 0.683. The van der Waals surface area contributed by atoms with Crippen LogP contribution in [-0.2, 0) is 5.75 Å². The zero-order valence-corrected chi connectivity index (χ0v) is 10.6. The molecule has 1 aliphatic carbocycles. The van der Waals surface area contributed by atoms with E-state index in [2.05, 4.69) is 20.2 Å². The fraction of sp³-hybridized carbons (Fsp3) is 0.364. The van der Waals surface area contributed by atoms with Crippen LogP contribution in [-0.4, -0.2) is 20.2 Å². The van der Waals surface area contributed by atoms with E-state index in [-0.39, 0.29) is 0 Å². The van der Waals surface area contributed by atoms with Gasteiger partial charge in [-0.15, -0.1) is 5.10 Å². The second-order valence-corrected chi connectivity index (χ2v) is 5.39. The first kappa shape index (κ1) is 11.0. The van der Waals surface area contributed by atoms with E-state index in [0.717, 1.165) is 22.3 Å². The lowest BCUT2D eigenvalue weighted by atomic mass is 10.3. The molecule has 1 saturated carbocycles. The minimum absolute atomic E-state index is 0.521. The zero-order valence-electron chi connectivity index (χ0n) is 9.06. The van der Waals surface area contributed by atoms with Crippen molar-refractivity contribution in [2.75, 3.05) is 0 Å². The summed E-state index contributed by atoms with van der Waals surface area (Å²) in [7, 11) is 0. The summed E-state index contributed by atoms with van der Waals surface area (Å²) in [4.78, 5) is 8.49. The summed E-state index contributed by atoms with van der Waals surface area (Å²) in [6, 6.07) is 3.77. The lowest BCUT2D eigenvalue weighted by Gasteiger charge is -1.97. The number of rotatable bonds is 4. The number of aromatic amines is 1. The van der Waals surface area contributed by atoms with Gasteiger partial charge in [0.2, 0.25) is 5.16 Å². The molecule has 17 heavy (non-hydrogen) atoms. The van der Waals surface area contributed by atoms with Gasteiger partial charge >= 0.3 is 0 Å². The van der Waals surface area contributed by atoms with Gasteiger partial charge in [-0.25, -0.2) is 9.97 Å². The Hall–Kier alpha value is -1.07. The second kappa shape index (κ2) is 4.66. The molecule has 0 aromatic carbocycles. The molecule has 4 nitrogen and oxygen atoms in total. The molecule has 2 aromatic rings. The lowest BCUT2D eigenvalue weighted by molar-refractivity contribution is 0.932. The average molecular weight is 267 g/mol. The molecule has 6 heteroatoms. The smallest absolute Gasteiger partial charge is 0.208 e. The van der Waals surface area contributed by atoms with Crippen LogP contribution < -0.4 is 0 Å². The van der Waals surface area contributed by atoms with Crippen LogP contribution in [0.15, 0.2) is 23.5 Å². The molecule has 0 saturated heterocycles. The minimum Gasteiger partial charge on any atom is -0.262 e. The molecule has 2 heterocycles. The first-order valence-corrected chi connectivity index (χ1v) is 6.83. The second-order valence-electron chi connectivity index (χ2n) is 4.06. The third-order valence-electron chi connectivity index (χ3n) is 2.60. The van der Waals surface area contributed by atoms with Gasteiger partial charge in [-0.3, -0.25) is 5.10 Å². The van der Waals surface area contributed by atoms with Crippen LogP contribution in [0.2, 0.25) is 5.15 Å². The Morgan fingerprint density at radius 2 is 2.29 bits per heavy atom. The van der Waals surface area contributed by atoms with E-state index in [1.807, 2.05) is 6.07 Å². The maximum Gasteiger partial charge on any atom is 0.208 e. The van der Waals surface area contributed by atoms with Gasteiger partial charge in [-0.05, 0) is 24.5 Å². The van der Waals surface area contributed by atoms with E-state index in [9.17, 15) is 0 Å². The first-order valence-electron chi connectivity index (χ1n) is 5.47. The maximum absolute atomic E-state index is 5.73. The summed E-state index contributed by atoms with van der Waals surface area (Å²) in [6.45, 7) is 0. The van der Waals surface area contributed by atoms with E-state index >= 15 is 0 Å². The van der Waals surface area contributed by atoms with Gasteiger partial charge < -0.3 is 0 Å². The molecule has 3 rings (SSSR count). The first-order chi connectivity index (χ1) is 8.31. The highest BCUT2D eigenvalue weighted by Crippen LogP contribution is 2.38. The Balaban J connectivity index is 1.60. The topological polar surface area (TPSA) is 54.5 Å². The molecule has 1 aliphatic rings. The summed E-state index contributed by atoms with van der Waals surface area (Å²) in [6.07, 6.45) is 4.25. The van der Waals surface area contributed by atoms with Crippen molar-refractivity contribution in [3.63, 3.8) is 0 Å². The third kappa shape index (κ3) is 2.79. The molecule has 0 unspecified atom stereocenters. The number of hydrogen-bond acceptors (Lipinski definition) is 4. The summed E-state index contributed by atoms with van der Waals surface area (Å²) >= 11 is 7.34. The standard InChI is InChI=1S/C11H11ClN4S/c12-9-4-1-7(5-13-9)6-17-11-14-10(15-16-11)8-2-3-8/h1,4-5,8H,2-3,6H2,(H,14,15,16). The number of hydrogen-bond donors (Lipinski definition) is 1. The molecule has 0 radical (unpaired) electrons. The number of halogens is 1. The van der Waals surface area contributed by atoms with Crippen LogP contribution in [0.1, 0.15) is 30.1 Å². The van der Waals surface area contributed by atoms with Gasteiger partial charge in [0.05, 0.1) is 0 Å². The summed E-state index contributed by atoms with van der Waals surface area (Å²) in [5.41, 5.74) is 1.12. The molecule has 1 N–H and O–H groups in total. The highest BCUT2D eigenvalue weighted by atomic mass is 35.5. The number of thioether (sulfide) groups is 1. The monoisotopic (exact) mass is 266 g/mol. The van der Waals surface area contributed by atoms with E-state index in [1.54, 1.807) is 24.0 Å². The Morgan fingerprint density at radius 1 is 1.41 bits per heavy atom. The molecular weight excluding hydrogens is 256 g/mol. The highest BCUT2D eigenvalue weighted by molar-refractivity contribution is 7.98. The van der Waals surface area contributed by atoms with Crippen molar-refractivity contribution in [2.24, 2.45) is 0 Å². The Labute approximate surface area is 108 Å². The van der Waals surface area contributed by atoms with Crippen molar-refractivity contribution in [3.05, 3.63) is 34.9 Å². The Bertz CT molecular complexity index is 506. The molecule has 2 aromatic heterocycles. The van der Waals surface area contributed by atoms with Gasteiger partial charge in [0, 0.05) is 17.9 Å². The van der Waals surface area contributed by atoms with Gasteiger partial charge in [0.25, 0.3) is 0 Å². The normalized spacial score (nSPS) is 15.1. The van der Waals surface area contributed by atoms with Crippen LogP contribution in [0.4, 0.5) is 0 Å². The summed E-state index contributed by atoms with van der Waals surface area (Å²) in [5, 5.41) is 8.51. The number of nitrogens with one attached hydrogen (secondary N) is 1. The van der Waals surface area contributed by atoms with Crippen molar-refractivity contribution < 1.29 is 0 Å². The highest BCUT2D eigenvalue weighted by Gasteiger charge is 2.27. The van der Waals surface area contributed by atoms with Crippen LogP contribution in [0, 0.1) is 0 Å². The SMILES string of the molecule is Clc1ccc(CSc2n[nH]c(C3CC3)n2)cn1. The zero-order chi connectivity index (χ0) is 11.7. The maximum atomic E-state index is 5.73. The van der Waals surface area contributed by atoms with E-state index in [1.165, 1.54) is 12.8 Å². The molecule has 1 fully saturated rings. The molecule has 0 amide bonds. The van der Waals surface area contributed by atoms with Gasteiger partial charge in [0.15, 0.2) is 0 Å². The molecular formula is C11H11ClN4S. The van der Waals surface area contributed by atoms with E-state index in [0.29, 0.717) is 11.1 Å². The lowest BCUT2D eigenvalue weighted by Crippen LogP contribution is -1.84. The van der Waals surface area contributed by atoms with Crippen molar-refractivity contribution >= 4 is 23.4 Å². The van der Waals surface area contributed by atoms with Crippen LogP contribution in [0.25, 0.3) is 0 Å². The Morgan fingerprint density at radius 3 is 3.00 bits per heavy atom. The van der Waals surface area contributed by atoms with Crippen molar-refractivity contribution in [1.29, 1.82) is 0 Å². The molecule has 0 spiro atoms. The van der Waals surface area contributed by atoms with E-state index < -0.39 is 0 Å². The Kier molecular flexibility index (Phi) is 3.03. The van der Waals surface area contributed by atoms with Crippen LogP contribution in [0.3, 0.4) is 0 Å². The molecule has 0 atom stereocenters. The summed E-state index contributed by atoms with van der Waals surface area (Å²) < 4.78 is 0. The third-order valence-corrected chi connectivity index (χ3v) is 3.74. The predicted octanol–water partition coefficient (Wildman–Crippen LogP) is 3.02.